The number of nitrogens with zero attached hydrogens (tertiary/aromatic N) is 3. The number of benzene rings is 2. The number of nitrogens with one attached hydrogen (secondary N) is 3. The van der Waals surface area contributed by atoms with Crippen LogP contribution in [0.5, 0.6) is 0 Å². The molecule has 0 saturated carbocycles. The lowest BCUT2D eigenvalue weighted by Gasteiger charge is -2.18. The number of rotatable bonds is 8. The molecule has 2 heterocycles. The highest BCUT2D eigenvalue weighted by atomic mass is 35.5. The molecule has 1 atom stereocenters. The second-order valence-electron chi connectivity index (χ2n) is 9.63. The van der Waals surface area contributed by atoms with Gasteiger partial charge in [0.1, 0.15) is 5.69 Å². The van der Waals surface area contributed by atoms with E-state index >= 15 is 0 Å². The fourth-order valence-corrected chi connectivity index (χ4v) is 6.01. The fourth-order valence-electron chi connectivity index (χ4n) is 4.15. The van der Waals surface area contributed by atoms with Gasteiger partial charge in [0, 0.05) is 23.8 Å². The Morgan fingerprint density at radius 2 is 1.66 bits per heavy atom. The smallest absolute Gasteiger partial charge is 0.348 e. The third-order valence-corrected chi connectivity index (χ3v) is 8.37. The maximum Gasteiger partial charge on any atom is 0.472 e. The van der Waals surface area contributed by atoms with E-state index in [4.69, 9.17) is 23.2 Å². The van der Waals surface area contributed by atoms with Gasteiger partial charge in [-0.25, -0.2) is 13.9 Å². The summed E-state index contributed by atoms with van der Waals surface area (Å²) in [7, 11) is -4.04. The first-order chi connectivity index (χ1) is 21.8. The van der Waals surface area contributed by atoms with Crippen LogP contribution in [-0.4, -0.2) is 48.7 Å². The molecule has 0 aliphatic heterocycles. The Hall–Kier alpha value is -4.61. The van der Waals surface area contributed by atoms with Crippen molar-refractivity contribution in [1.29, 1.82) is 0 Å². The van der Waals surface area contributed by atoms with E-state index in [2.05, 4.69) is 26.6 Å². The zero-order valence-electron chi connectivity index (χ0n) is 23.6. The van der Waals surface area contributed by atoms with Crippen LogP contribution in [0, 0.1) is 6.92 Å². The number of halogens is 8. The lowest BCUT2D eigenvalue weighted by molar-refractivity contribution is -0.171. The Bertz CT molecular complexity index is 2000. The molecule has 2 aromatic heterocycles. The number of anilines is 1. The molecule has 0 radical (unpaired) electrons. The van der Waals surface area contributed by atoms with E-state index in [0.29, 0.717) is 10.7 Å². The molecule has 248 valence electrons. The molecule has 0 aliphatic rings. The van der Waals surface area contributed by atoms with Crippen LogP contribution in [0.15, 0.2) is 65.7 Å². The second kappa shape index (κ2) is 13.2. The van der Waals surface area contributed by atoms with Crippen LogP contribution >= 0.6 is 23.2 Å². The SMILES string of the molecule is C=S(=O)(NC(=O)C(F)(F)F)c1ccccc1CNC(=O)c1cc(Cl)cc(C)c1NC(=O)c1cc(C(F)(F)F)nn1-c1ncccc1Cl. The predicted molar refractivity (Wildman–Crippen MR) is 161 cm³/mol. The molecule has 2 aromatic carbocycles. The van der Waals surface area contributed by atoms with E-state index in [1.807, 2.05) is 0 Å². The predicted octanol–water partition coefficient (Wildman–Crippen LogP) is 5.75. The van der Waals surface area contributed by atoms with Crippen molar-refractivity contribution >= 4 is 62.2 Å². The van der Waals surface area contributed by atoms with Gasteiger partial charge in [-0.1, -0.05) is 41.4 Å². The maximum absolute atomic E-state index is 13.6. The number of aryl methyl sites for hydroxylation is 1. The number of carbonyl (C=O) groups excluding carboxylic acids is 3. The average Bonchev–Trinajstić information content (AvgIpc) is 3.43. The van der Waals surface area contributed by atoms with Crippen molar-refractivity contribution in [2.45, 2.75) is 30.7 Å². The molecule has 3 amide bonds. The van der Waals surface area contributed by atoms with Crippen LogP contribution in [0.3, 0.4) is 0 Å². The van der Waals surface area contributed by atoms with Gasteiger partial charge in [-0.3, -0.25) is 19.1 Å². The first-order valence-electron chi connectivity index (χ1n) is 12.8. The molecule has 4 rings (SSSR count). The Kier molecular flexibility index (Phi) is 9.94. The minimum Gasteiger partial charge on any atom is -0.348 e. The summed E-state index contributed by atoms with van der Waals surface area (Å²) in [4.78, 5) is 41.8. The Morgan fingerprint density at radius 3 is 2.30 bits per heavy atom. The molecule has 0 spiro atoms. The van der Waals surface area contributed by atoms with Gasteiger partial charge < -0.3 is 10.6 Å². The number of pyridine rings is 1. The highest BCUT2D eigenvalue weighted by Gasteiger charge is 2.40. The van der Waals surface area contributed by atoms with E-state index < -0.39 is 57.7 Å². The summed E-state index contributed by atoms with van der Waals surface area (Å²) >= 11 is 12.3. The van der Waals surface area contributed by atoms with Crippen LogP contribution in [0.2, 0.25) is 10.0 Å². The summed E-state index contributed by atoms with van der Waals surface area (Å²) in [5.41, 5.74) is -2.27. The van der Waals surface area contributed by atoms with Crippen molar-refractivity contribution in [3.05, 3.63) is 98.9 Å². The number of amides is 3. The van der Waals surface area contributed by atoms with Crippen molar-refractivity contribution in [3.63, 3.8) is 0 Å². The van der Waals surface area contributed by atoms with Crippen LogP contribution in [-0.2, 0) is 27.2 Å². The van der Waals surface area contributed by atoms with Crippen LogP contribution in [0.4, 0.5) is 32.0 Å². The highest BCUT2D eigenvalue weighted by Crippen LogP contribution is 2.32. The summed E-state index contributed by atoms with van der Waals surface area (Å²) in [5.74, 6) is -1.60. The van der Waals surface area contributed by atoms with E-state index in [1.54, 1.807) is 0 Å². The fraction of sp³-hybridized carbons (Fsp3) is 0.143. The quantitative estimate of drug-likeness (QED) is 0.157. The minimum atomic E-state index is -5.34. The first kappa shape index (κ1) is 35.2. The zero-order valence-corrected chi connectivity index (χ0v) is 25.9. The van der Waals surface area contributed by atoms with Gasteiger partial charge in [-0.2, -0.15) is 31.4 Å². The van der Waals surface area contributed by atoms with Crippen molar-refractivity contribution < 1.29 is 44.9 Å². The van der Waals surface area contributed by atoms with Gasteiger partial charge in [-0.05, 0) is 54.3 Å². The Labute approximate surface area is 272 Å². The monoisotopic (exact) mass is 720 g/mol. The highest BCUT2D eigenvalue weighted by molar-refractivity contribution is 7.99. The van der Waals surface area contributed by atoms with Crippen LogP contribution < -0.4 is 15.4 Å². The molecule has 0 saturated heterocycles. The Morgan fingerprint density at radius 1 is 0.979 bits per heavy atom. The third-order valence-electron chi connectivity index (χ3n) is 6.24. The van der Waals surface area contributed by atoms with Gasteiger partial charge in [0.05, 0.1) is 30.9 Å². The lowest BCUT2D eigenvalue weighted by Crippen LogP contribution is -2.40. The molecule has 10 nitrogen and oxygen atoms in total. The largest absolute Gasteiger partial charge is 0.472 e. The number of carbonyl (C=O) groups is 3. The van der Waals surface area contributed by atoms with Gasteiger partial charge in [0.25, 0.3) is 11.8 Å². The van der Waals surface area contributed by atoms with Crippen LogP contribution in [0.1, 0.15) is 37.7 Å². The molecule has 1 unspecified atom stereocenters. The number of hydrogen-bond donors (Lipinski definition) is 3. The summed E-state index contributed by atoms with van der Waals surface area (Å²) in [5, 5.41) is 8.23. The third kappa shape index (κ3) is 8.04. The molecule has 0 aliphatic carbocycles. The van der Waals surface area contributed by atoms with Gasteiger partial charge in [-0.15, -0.1) is 0 Å². The summed E-state index contributed by atoms with van der Waals surface area (Å²) in [6, 6.07) is 10.9. The maximum atomic E-state index is 13.6. The summed E-state index contributed by atoms with van der Waals surface area (Å²) < 4.78 is 94.1. The topological polar surface area (TPSA) is 135 Å². The molecule has 19 heteroatoms. The molecular formula is C28H20Cl2F6N6O4S. The van der Waals surface area contributed by atoms with E-state index in [9.17, 15) is 44.9 Å². The zero-order chi connectivity index (χ0) is 34.9. The minimum absolute atomic E-state index is 0.0171. The van der Waals surface area contributed by atoms with Gasteiger partial charge >= 0.3 is 18.3 Å². The average molecular weight is 721 g/mol. The summed E-state index contributed by atoms with van der Waals surface area (Å²) in [6.45, 7) is 0.991. The summed E-state index contributed by atoms with van der Waals surface area (Å²) in [6.07, 6.45) is -9.07. The molecule has 47 heavy (non-hydrogen) atoms. The van der Waals surface area contributed by atoms with Gasteiger partial charge in [0.2, 0.25) is 0 Å². The van der Waals surface area contributed by atoms with Crippen molar-refractivity contribution in [1.82, 2.24) is 24.8 Å². The molecular weight excluding hydrogens is 701 g/mol. The lowest BCUT2D eigenvalue weighted by atomic mass is 10.1. The van der Waals surface area contributed by atoms with Crippen molar-refractivity contribution in [2.75, 3.05) is 5.32 Å². The first-order valence-corrected chi connectivity index (χ1v) is 15.3. The van der Waals surface area contributed by atoms with Crippen molar-refractivity contribution in [3.8, 4) is 5.82 Å². The number of aromatic nitrogens is 3. The Balaban J connectivity index is 1.66. The molecule has 3 N–H and O–H groups in total. The van der Waals surface area contributed by atoms with Gasteiger partial charge in [0.15, 0.2) is 11.5 Å². The molecule has 0 bridgehead atoms. The van der Waals surface area contributed by atoms with Crippen molar-refractivity contribution in [2.24, 2.45) is 0 Å². The van der Waals surface area contributed by atoms with Crippen LogP contribution in [0.25, 0.3) is 5.82 Å². The normalized spacial score (nSPS) is 13.0. The molecule has 0 fully saturated rings. The number of hydrogen-bond acceptors (Lipinski definition) is 6. The number of alkyl halides is 6. The van der Waals surface area contributed by atoms with E-state index in [1.165, 1.54) is 54.2 Å². The van der Waals surface area contributed by atoms with E-state index in [-0.39, 0.29) is 43.1 Å². The molecule has 4 aromatic rings. The van der Waals surface area contributed by atoms with E-state index in [0.717, 1.165) is 12.1 Å². The standard InChI is InChI=1S/C28H20Cl2F6N6O4S/c1-14-10-16(29)11-17(24(43)38-13-15-6-3-4-8-20(15)47(2,46)41-26(45)28(34,35)36)22(14)39-25(44)19-12-21(27(31,32)33)40-42(19)23-18(30)7-5-9-37-23/h3-12H,2,13H2,1H3,(H,38,43)(H,39,44)(H,41,45,46). The second-order valence-corrected chi connectivity index (χ2v) is 12.5.